The molecule has 0 fully saturated rings. The van der Waals surface area contributed by atoms with Gasteiger partial charge in [0.15, 0.2) is 5.82 Å². The smallest absolute Gasteiger partial charge is 0.549 e. The Morgan fingerprint density at radius 2 is 1.76 bits per heavy atom. The maximum Gasteiger partial charge on any atom is 1.00 e. The van der Waals surface area contributed by atoms with Crippen LogP contribution in [0.1, 0.15) is 17.0 Å². The van der Waals surface area contributed by atoms with Crippen LogP contribution in [0.4, 0.5) is 10.1 Å². The number of carbonyl (C=O) groups is 2. The topological polar surface area (TPSA) is 156 Å². The molecule has 13 heteroatoms. The van der Waals surface area contributed by atoms with Crippen molar-refractivity contribution >= 4 is 29.2 Å². The zero-order valence-corrected chi connectivity index (χ0v) is 19.7. The van der Waals surface area contributed by atoms with Gasteiger partial charge in [-0.05, 0) is 24.3 Å². The van der Waals surface area contributed by atoms with E-state index in [0.29, 0.717) is 12.1 Å². The Hall–Kier alpha value is -1.71. The number of halogens is 2. The van der Waals surface area contributed by atoms with E-state index in [-0.39, 0.29) is 75.5 Å². The van der Waals surface area contributed by atoms with Crippen molar-refractivity contribution in [1.29, 1.82) is 5.26 Å². The summed E-state index contributed by atoms with van der Waals surface area (Å²) in [5, 5.41) is 42.0. The number of rotatable bonds is 6. The number of hydrogen-bond acceptors (Lipinski definition) is 8. The quantitative estimate of drug-likeness (QED) is 0.187. The van der Waals surface area contributed by atoms with Gasteiger partial charge in [-0.3, -0.25) is 10.1 Å². The van der Waals surface area contributed by atoms with Crippen molar-refractivity contribution < 1.29 is 93.0 Å². The number of nitriles is 1. The maximum atomic E-state index is 14.7. The number of carboxylic acid groups (broad SMARTS) is 2. The fourth-order valence-corrected chi connectivity index (χ4v) is 2.40. The normalized spacial score (nSPS) is 9.59. The van der Waals surface area contributed by atoms with E-state index in [9.17, 15) is 34.3 Å². The summed E-state index contributed by atoms with van der Waals surface area (Å²) in [5.41, 5.74) is -1.87. The van der Waals surface area contributed by atoms with Crippen LogP contribution in [0, 0.1) is 27.3 Å². The van der Waals surface area contributed by atoms with Crippen molar-refractivity contribution in [2.24, 2.45) is 0 Å². The Balaban J connectivity index is 0.00000392. The Morgan fingerprint density at radius 3 is 2.24 bits per heavy atom. The summed E-state index contributed by atoms with van der Waals surface area (Å²) in [5.74, 6) is -9.82. The van der Waals surface area contributed by atoms with Crippen molar-refractivity contribution in [3.05, 3.63) is 62.4 Å². The molecule has 2 rings (SSSR count). The summed E-state index contributed by atoms with van der Waals surface area (Å²) < 4.78 is 19.8. The Morgan fingerprint density at radius 1 is 1.17 bits per heavy atom. The summed E-state index contributed by atoms with van der Waals surface area (Å²) in [6.45, 7) is 0. The number of aliphatic carboxylic acids is 2. The second-order valence-corrected chi connectivity index (χ2v) is 5.47. The number of ether oxygens (including phenoxy) is 1. The van der Waals surface area contributed by atoms with Crippen molar-refractivity contribution in [2.45, 2.75) is 5.92 Å². The third kappa shape index (κ3) is 6.38. The molecule has 0 aliphatic heterocycles. The van der Waals surface area contributed by atoms with Crippen LogP contribution in [0.5, 0.6) is 11.5 Å². The molecule has 29 heavy (non-hydrogen) atoms. The summed E-state index contributed by atoms with van der Waals surface area (Å²) in [7, 11) is 0. The van der Waals surface area contributed by atoms with Gasteiger partial charge in [0.25, 0.3) is 0 Å². The van der Waals surface area contributed by atoms with Crippen molar-refractivity contribution in [3.8, 4) is 17.6 Å². The second kappa shape index (κ2) is 11.5. The van der Waals surface area contributed by atoms with Gasteiger partial charge < -0.3 is 24.5 Å². The molecule has 2 aromatic rings. The molecule has 0 heterocycles. The molecule has 0 aliphatic carbocycles. The van der Waals surface area contributed by atoms with Gasteiger partial charge in [-0.1, -0.05) is 11.6 Å². The van der Waals surface area contributed by atoms with E-state index in [1.807, 2.05) is 0 Å². The first-order valence-electron chi connectivity index (χ1n) is 6.92. The van der Waals surface area contributed by atoms with Gasteiger partial charge >= 0.3 is 64.8 Å². The van der Waals surface area contributed by atoms with Crippen molar-refractivity contribution in [2.75, 3.05) is 0 Å². The van der Waals surface area contributed by atoms with Crippen molar-refractivity contribution in [3.63, 3.8) is 0 Å². The standard InChI is InChI=1S/C16H8ClFN2O7.2Na/c17-8-3-7(6-19)4-9(5-8)27-14-11(20(25)26)2-1-10(13(14)18)12(15(21)22)16(23)24;;/h1-5,12H,(H,21,22)(H,23,24);;/q;2*+1/p-2. The third-order valence-corrected chi connectivity index (χ3v) is 3.52. The molecule has 0 amide bonds. The number of nitro groups is 1. The van der Waals surface area contributed by atoms with E-state index in [4.69, 9.17) is 21.6 Å². The average molecular weight is 439 g/mol. The zero-order chi connectivity index (χ0) is 20.3. The van der Waals surface area contributed by atoms with Crippen LogP contribution in [0.15, 0.2) is 30.3 Å². The van der Waals surface area contributed by atoms with Gasteiger partial charge in [0.2, 0.25) is 5.75 Å². The van der Waals surface area contributed by atoms with Gasteiger partial charge in [-0.15, -0.1) is 0 Å². The molecule has 0 unspecified atom stereocenters. The number of hydrogen-bond donors (Lipinski definition) is 0. The number of nitrogens with zero attached hydrogens (tertiary/aromatic N) is 2. The van der Waals surface area contributed by atoms with E-state index in [2.05, 4.69) is 0 Å². The third-order valence-electron chi connectivity index (χ3n) is 3.31. The Kier molecular flexibility index (Phi) is 10.8. The molecule has 9 nitrogen and oxygen atoms in total. The average Bonchev–Trinajstić information content (AvgIpc) is 2.56. The molecule has 0 aliphatic rings. The number of nitro benzene ring substituents is 1. The van der Waals surface area contributed by atoms with Gasteiger partial charge in [-0.2, -0.15) is 5.26 Å². The van der Waals surface area contributed by atoms with E-state index < -0.39 is 45.6 Å². The molecule has 0 saturated heterocycles. The van der Waals surface area contributed by atoms with Crippen LogP contribution in [0.2, 0.25) is 5.02 Å². The largest absolute Gasteiger partial charge is 1.00 e. The molecule has 0 radical (unpaired) electrons. The monoisotopic (exact) mass is 438 g/mol. The number of benzene rings is 2. The van der Waals surface area contributed by atoms with E-state index >= 15 is 0 Å². The van der Waals surface area contributed by atoms with Gasteiger partial charge in [-0.25, -0.2) is 4.39 Å². The molecular formula is C16H6ClFN2Na2O7. The fourth-order valence-electron chi connectivity index (χ4n) is 2.18. The van der Waals surface area contributed by atoms with Crippen LogP contribution in [0.3, 0.4) is 0 Å². The first kappa shape index (κ1) is 27.3. The molecule has 0 aromatic heterocycles. The molecule has 0 saturated carbocycles. The Labute approximate surface area is 211 Å². The second-order valence-electron chi connectivity index (χ2n) is 5.03. The van der Waals surface area contributed by atoms with Crippen LogP contribution in [-0.2, 0) is 9.59 Å². The SMILES string of the molecule is N#Cc1cc(Cl)cc(Oc2c([N+](=O)[O-])ccc(C(C(=O)[O-])C(=O)[O-])c2F)c1.[Na+].[Na+]. The molecule has 2 aromatic carbocycles. The summed E-state index contributed by atoms with van der Waals surface area (Å²) in [6, 6.07) is 6.48. The fraction of sp³-hybridized carbons (Fsp3) is 0.0625. The maximum absolute atomic E-state index is 14.7. The van der Waals surface area contributed by atoms with Crippen LogP contribution in [0.25, 0.3) is 0 Å². The van der Waals surface area contributed by atoms with Gasteiger partial charge in [0.05, 0.1) is 34.4 Å². The molecule has 0 atom stereocenters. The predicted molar refractivity (Wildman–Crippen MR) is 82.1 cm³/mol. The minimum Gasteiger partial charge on any atom is -0.549 e. The molecule has 0 N–H and O–H groups in total. The first-order chi connectivity index (χ1) is 12.6. The van der Waals surface area contributed by atoms with Gasteiger partial charge in [0, 0.05) is 16.7 Å². The van der Waals surface area contributed by atoms with E-state index in [1.54, 1.807) is 6.07 Å². The predicted octanol–water partition coefficient (Wildman–Crippen LogP) is -5.36. The molecule has 0 spiro atoms. The molecule has 138 valence electrons. The molecule has 0 bridgehead atoms. The van der Waals surface area contributed by atoms with Crippen molar-refractivity contribution in [1.82, 2.24) is 0 Å². The summed E-state index contributed by atoms with van der Waals surface area (Å²) in [4.78, 5) is 32.1. The van der Waals surface area contributed by atoms with Crippen LogP contribution in [-0.4, -0.2) is 16.9 Å². The zero-order valence-electron chi connectivity index (χ0n) is 15.0. The number of carboxylic acids is 2. The summed E-state index contributed by atoms with van der Waals surface area (Å²) >= 11 is 5.77. The van der Waals surface area contributed by atoms with E-state index in [1.165, 1.54) is 6.07 Å². The molecular weight excluding hydrogens is 433 g/mol. The minimum absolute atomic E-state index is 0. The van der Waals surface area contributed by atoms with E-state index in [0.717, 1.165) is 12.1 Å². The first-order valence-corrected chi connectivity index (χ1v) is 7.30. The Bertz CT molecular complexity index is 999. The van der Waals surface area contributed by atoms with Crippen LogP contribution < -0.4 is 74.1 Å². The summed E-state index contributed by atoms with van der Waals surface area (Å²) in [6.07, 6.45) is 0. The minimum atomic E-state index is -2.53. The number of carbonyl (C=O) groups excluding carboxylic acids is 2. The van der Waals surface area contributed by atoms with Crippen LogP contribution >= 0.6 is 11.6 Å². The van der Waals surface area contributed by atoms with Gasteiger partial charge in [0.1, 0.15) is 5.75 Å².